The number of ether oxygens (including phenoxy) is 2. The highest BCUT2D eigenvalue weighted by Gasteiger charge is 2.36. The fourth-order valence-corrected chi connectivity index (χ4v) is 5.10. The van der Waals surface area contributed by atoms with Crippen molar-refractivity contribution < 1.29 is 23.9 Å². The number of rotatable bonds is 9. The maximum atomic E-state index is 12.9. The highest BCUT2D eigenvalue weighted by Crippen LogP contribution is 2.40. The van der Waals surface area contributed by atoms with E-state index in [0.717, 1.165) is 22.2 Å². The topological polar surface area (TPSA) is 84.9 Å². The van der Waals surface area contributed by atoms with Gasteiger partial charge in [0.2, 0.25) is 5.91 Å². The van der Waals surface area contributed by atoms with Crippen molar-refractivity contribution in [2.45, 2.75) is 13.5 Å². The Labute approximate surface area is 231 Å². The van der Waals surface area contributed by atoms with Crippen LogP contribution in [-0.2, 0) is 16.2 Å². The van der Waals surface area contributed by atoms with Gasteiger partial charge in [-0.1, -0.05) is 48.0 Å². The maximum absolute atomic E-state index is 12.9. The first-order chi connectivity index (χ1) is 17.9. The molecule has 1 N–H and O–H groups in total. The molecule has 7 nitrogen and oxygen atoms in total. The third-order valence-electron chi connectivity index (χ3n) is 5.19. The molecule has 190 valence electrons. The molecule has 37 heavy (non-hydrogen) atoms. The van der Waals surface area contributed by atoms with Crippen molar-refractivity contribution in [1.29, 1.82) is 0 Å². The summed E-state index contributed by atoms with van der Waals surface area (Å²) in [5.74, 6) is -0.0382. The van der Waals surface area contributed by atoms with E-state index in [-0.39, 0.29) is 18.1 Å². The quantitative estimate of drug-likeness (QED) is 0.273. The molecule has 0 saturated carbocycles. The van der Waals surface area contributed by atoms with Gasteiger partial charge in [0.05, 0.1) is 16.0 Å². The average molecular weight is 602 g/mol. The fraction of sp³-hybridized carbons (Fsp3) is 0.148. The molecule has 0 spiro atoms. The number of thioether (sulfide) groups is 1. The first kappa shape index (κ1) is 26.8. The van der Waals surface area contributed by atoms with E-state index in [2.05, 4.69) is 21.2 Å². The summed E-state index contributed by atoms with van der Waals surface area (Å²) in [5.41, 5.74) is 2.03. The number of nitrogens with one attached hydrogen (secondary N) is 1. The molecule has 0 radical (unpaired) electrons. The highest BCUT2D eigenvalue weighted by molar-refractivity contribution is 9.10. The summed E-state index contributed by atoms with van der Waals surface area (Å²) in [5, 5.41) is 2.77. The fourth-order valence-electron chi connectivity index (χ4n) is 3.49. The molecule has 0 bridgehead atoms. The van der Waals surface area contributed by atoms with Crippen molar-refractivity contribution in [2.24, 2.45) is 0 Å². The number of hydrogen-bond donors (Lipinski definition) is 1. The van der Waals surface area contributed by atoms with E-state index >= 15 is 0 Å². The van der Waals surface area contributed by atoms with E-state index in [9.17, 15) is 14.4 Å². The number of hydrogen-bond acceptors (Lipinski definition) is 6. The Balaban J connectivity index is 1.50. The summed E-state index contributed by atoms with van der Waals surface area (Å²) < 4.78 is 12.4. The molecule has 0 unspecified atom stereocenters. The number of nitrogens with zero attached hydrogens (tertiary/aromatic N) is 1. The number of benzene rings is 3. The van der Waals surface area contributed by atoms with Gasteiger partial charge >= 0.3 is 0 Å². The average Bonchev–Trinajstić information content (AvgIpc) is 3.12. The number of carbonyl (C=O) groups excluding carboxylic acids is 3. The number of halogens is 2. The number of para-hydroxylation sites is 1. The minimum absolute atomic E-state index is 0.205. The number of carbonyl (C=O) groups is 3. The van der Waals surface area contributed by atoms with Gasteiger partial charge in [-0.15, -0.1) is 0 Å². The molecule has 1 aliphatic heterocycles. The van der Waals surface area contributed by atoms with Crippen LogP contribution in [0.2, 0.25) is 5.02 Å². The zero-order valence-electron chi connectivity index (χ0n) is 19.7. The minimum Gasteiger partial charge on any atom is -0.490 e. The van der Waals surface area contributed by atoms with Gasteiger partial charge in [-0.05, 0) is 76.6 Å². The molecule has 1 saturated heterocycles. The normalized spacial score (nSPS) is 14.2. The van der Waals surface area contributed by atoms with E-state index in [1.165, 1.54) is 0 Å². The molecule has 1 aliphatic rings. The lowest BCUT2D eigenvalue weighted by Crippen LogP contribution is -2.36. The summed E-state index contributed by atoms with van der Waals surface area (Å²) in [7, 11) is 0. The van der Waals surface area contributed by atoms with Gasteiger partial charge in [0.1, 0.15) is 13.2 Å². The number of amides is 3. The monoisotopic (exact) mass is 600 g/mol. The molecule has 4 rings (SSSR count). The van der Waals surface area contributed by atoms with Crippen molar-refractivity contribution in [2.75, 3.05) is 18.5 Å². The first-order valence-electron chi connectivity index (χ1n) is 11.3. The maximum Gasteiger partial charge on any atom is 0.294 e. The van der Waals surface area contributed by atoms with Crippen LogP contribution in [0.3, 0.4) is 0 Å². The second-order valence-electron chi connectivity index (χ2n) is 7.83. The lowest BCUT2D eigenvalue weighted by Gasteiger charge is -2.15. The summed E-state index contributed by atoms with van der Waals surface area (Å²) >= 11 is 10.5. The van der Waals surface area contributed by atoms with Crippen molar-refractivity contribution >= 4 is 68.1 Å². The van der Waals surface area contributed by atoms with Crippen LogP contribution in [0.5, 0.6) is 11.5 Å². The molecule has 1 heterocycles. The summed E-state index contributed by atoms with van der Waals surface area (Å²) in [6, 6.07) is 19.7. The molecular formula is C27H22BrClN2O5S. The van der Waals surface area contributed by atoms with Gasteiger partial charge in [-0.2, -0.15) is 0 Å². The predicted octanol–water partition coefficient (Wildman–Crippen LogP) is 6.76. The van der Waals surface area contributed by atoms with Crippen molar-refractivity contribution in [3.8, 4) is 11.5 Å². The van der Waals surface area contributed by atoms with Crippen LogP contribution in [-0.4, -0.2) is 35.1 Å². The SMILES string of the molecule is CCOc1cc(/C=C2\SC(=O)N(CC(=O)Nc3ccccc3)C2=O)cc(Br)c1OCc1ccccc1Cl. The van der Waals surface area contributed by atoms with Crippen LogP contribution < -0.4 is 14.8 Å². The largest absolute Gasteiger partial charge is 0.490 e. The van der Waals surface area contributed by atoms with Crippen LogP contribution in [0.1, 0.15) is 18.1 Å². The van der Waals surface area contributed by atoms with Gasteiger partial charge in [0, 0.05) is 16.3 Å². The minimum atomic E-state index is -0.536. The van der Waals surface area contributed by atoms with Gasteiger partial charge in [0.25, 0.3) is 11.1 Å². The Hall–Kier alpha value is -3.27. The lowest BCUT2D eigenvalue weighted by molar-refractivity contribution is -0.127. The molecule has 3 amide bonds. The molecular weight excluding hydrogens is 580 g/mol. The molecule has 1 fully saturated rings. The smallest absolute Gasteiger partial charge is 0.294 e. The Morgan fingerprint density at radius 1 is 1.08 bits per heavy atom. The van der Waals surface area contributed by atoms with E-state index in [4.69, 9.17) is 21.1 Å². The standard InChI is InChI=1S/C27H22BrClN2O5S/c1-2-35-22-13-17(12-20(28)25(22)36-16-18-8-6-7-11-21(18)29)14-23-26(33)31(27(34)37-23)15-24(32)30-19-9-4-3-5-10-19/h3-14H,2,15-16H2,1H3,(H,30,32)/b23-14-. The summed E-state index contributed by atoms with van der Waals surface area (Å²) in [6.45, 7) is 2.11. The lowest BCUT2D eigenvalue weighted by atomic mass is 10.1. The van der Waals surface area contributed by atoms with Crippen LogP contribution in [0.15, 0.2) is 76.1 Å². The Kier molecular flexibility index (Phi) is 8.91. The molecule has 3 aromatic carbocycles. The molecule has 0 atom stereocenters. The van der Waals surface area contributed by atoms with Gasteiger partial charge in [-0.25, -0.2) is 0 Å². The van der Waals surface area contributed by atoms with Gasteiger partial charge in [-0.3, -0.25) is 19.3 Å². The summed E-state index contributed by atoms with van der Waals surface area (Å²) in [6.07, 6.45) is 1.59. The third kappa shape index (κ3) is 6.74. The van der Waals surface area contributed by atoms with Crippen LogP contribution in [0.25, 0.3) is 6.08 Å². The van der Waals surface area contributed by atoms with Crippen LogP contribution in [0, 0.1) is 0 Å². The Bertz CT molecular complexity index is 1370. The second-order valence-corrected chi connectivity index (χ2v) is 10.1. The number of imide groups is 1. The Morgan fingerprint density at radius 2 is 1.81 bits per heavy atom. The van der Waals surface area contributed by atoms with Crippen LogP contribution in [0.4, 0.5) is 10.5 Å². The van der Waals surface area contributed by atoms with E-state index in [0.29, 0.717) is 38.9 Å². The highest BCUT2D eigenvalue weighted by atomic mass is 79.9. The second kappa shape index (κ2) is 12.3. The zero-order valence-corrected chi connectivity index (χ0v) is 22.9. The van der Waals surface area contributed by atoms with E-state index < -0.39 is 17.1 Å². The van der Waals surface area contributed by atoms with E-state index in [1.807, 2.05) is 31.2 Å². The van der Waals surface area contributed by atoms with Crippen LogP contribution >= 0.6 is 39.3 Å². The molecule has 3 aromatic rings. The number of anilines is 1. The van der Waals surface area contributed by atoms with Crippen molar-refractivity contribution in [3.63, 3.8) is 0 Å². The molecule has 0 aromatic heterocycles. The predicted molar refractivity (Wildman–Crippen MR) is 149 cm³/mol. The first-order valence-corrected chi connectivity index (χ1v) is 13.3. The summed E-state index contributed by atoms with van der Waals surface area (Å²) in [4.78, 5) is 38.9. The van der Waals surface area contributed by atoms with Crippen molar-refractivity contribution in [1.82, 2.24) is 4.90 Å². The van der Waals surface area contributed by atoms with Gasteiger partial charge in [0.15, 0.2) is 11.5 Å². The van der Waals surface area contributed by atoms with Gasteiger partial charge < -0.3 is 14.8 Å². The molecule has 0 aliphatic carbocycles. The van der Waals surface area contributed by atoms with Crippen molar-refractivity contribution in [3.05, 3.63) is 92.3 Å². The van der Waals surface area contributed by atoms with E-state index in [1.54, 1.807) is 48.5 Å². The Morgan fingerprint density at radius 3 is 2.54 bits per heavy atom. The zero-order chi connectivity index (χ0) is 26.4. The molecule has 10 heteroatoms. The third-order valence-corrected chi connectivity index (χ3v) is 7.06.